The van der Waals surface area contributed by atoms with E-state index in [4.69, 9.17) is 19.4 Å². The van der Waals surface area contributed by atoms with Crippen LogP contribution in [-0.2, 0) is 22.7 Å². The number of amides is 2. The van der Waals surface area contributed by atoms with Crippen LogP contribution in [0.4, 0.5) is 16.3 Å². The molecule has 0 unspecified atom stereocenters. The van der Waals surface area contributed by atoms with Crippen molar-refractivity contribution in [1.82, 2.24) is 15.3 Å². The van der Waals surface area contributed by atoms with Crippen LogP contribution in [0.3, 0.4) is 0 Å². The number of rotatable bonds is 4. The topological polar surface area (TPSA) is 88.6 Å². The Morgan fingerprint density at radius 1 is 1.21 bits per heavy atom. The van der Waals surface area contributed by atoms with Gasteiger partial charge in [-0.15, -0.1) is 0 Å². The number of fused-ring (bicyclic) bond motifs is 1. The smallest absolute Gasteiger partial charge is 0.319 e. The average Bonchev–Trinajstić information content (AvgIpc) is 3.17. The van der Waals surface area contributed by atoms with Crippen molar-refractivity contribution in [2.75, 3.05) is 36.5 Å². The maximum atomic E-state index is 11.7. The molecule has 8 nitrogen and oxygen atoms in total. The molecule has 1 aromatic carbocycles. The third-order valence-electron chi connectivity index (χ3n) is 4.93. The van der Waals surface area contributed by atoms with Gasteiger partial charge in [0.05, 0.1) is 38.2 Å². The molecular formula is C20H25N5O3. The van der Waals surface area contributed by atoms with E-state index in [9.17, 15) is 4.79 Å². The van der Waals surface area contributed by atoms with Gasteiger partial charge >= 0.3 is 6.03 Å². The lowest BCUT2D eigenvalue weighted by molar-refractivity contribution is 0.0980. The van der Waals surface area contributed by atoms with E-state index in [2.05, 4.69) is 22.5 Å². The van der Waals surface area contributed by atoms with E-state index in [1.165, 1.54) is 0 Å². The molecule has 28 heavy (non-hydrogen) atoms. The van der Waals surface area contributed by atoms with Crippen molar-refractivity contribution in [2.45, 2.75) is 33.1 Å². The summed E-state index contributed by atoms with van der Waals surface area (Å²) in [6, 6.07) is 7.59. The number of hydrogen-bond donors (Lipinski definition) is 2. The first-order chi connectivity index (χ1) is 13.7. The highest BCUT2D eigenvalue weighted by molar-refractivity contribution is 5.89. The number of aromatic nitrogens is 2. The molecule has 8 heteroatoms. The summed E-state index contributed by atoms with van der Waals surface area (Å²) in [7, 11) is 0. The molecule has 2 N–H and O–H groups in total. The predicted molar refractivity (Wildman–Crippen MR) is 106 cm³/mol. The zero-order valence-electron chi connectivity index (χ0n) is 16.2. The Kier molecular flexibility index (Phi) is 5.40. The van der Waals surface area contributed by atoms with Gasteiger partial charge in [0.25, 0.3) is 0 Å². The molecule has 2 aliphatic rings. The minimum absolute atomic E-state index is 0.218. The van der Waals surface area contributed by atoms with Gasteiger partial charge in [-0.2, -0.15) is 0 Å². The Morgan fingerprint density at radius 3 is 2.79 bits per heavy atom. The summed E-state index contributed by atoms with van der Waals surface area (Å²) in [4.78, 5) is 23.6. The quantitative estimate of drug-likeness (QED) is 0.844. The van der Waals surface area contributed by atoms with E-state index < -0.39 is 0 Å². The SMILES string of the molecule is CCNC(=O)Nc1ccc(-c2nc3c(c(N4CCOC[C@@H]4C)n2)COC3)cc1. The molecule has 2 amide bonds. The van der Waals surface area contributed by atoms with E-state index in [1.807, 2.05) is 31.2 Å². The number of nitrogens with one attached hydrogen (secondary N) is 2. The fourth-order valence-electron chi connectivity index (χ4n) is 3.48. The lowest BCUT2D eigenvalue weighted by Crippen LogP contribution is -2.44. The number of benzene rings is 1. The summed E-state index contributed by atoms with van der Waals surface area (Å²) in [6.45, 7) is 7.85. The second-order valence-corrected chi connectivity index (χ2v) is 6.97. The highest BCUT2D eigenvalue weighted by Crippen LogP contribution is 2.32. The number of nitrogens with zero attached hydrogens (tertiary/aromatic N) is 3. The van der Waals surface area contributed by atoms with Crippen molar-refractivity contribution in [3.63, 3.8) is 0 Å². The summed E-state index contributed by atoms with van der Waals surface area (Å²) in [5, 5.41) is 5.51. The Bertz CT molecular complexity index is 856. The van der Waals surface area contributed by atoms with Gasteiger partial charge in [0.15, 0.2) is 5.82 Å². The highest BCUT2D eigenvalue weighted by Gasteiger charge is 2.28. The number of carbonyl (C=O) groups excluding carboxylic acids is 1. The van der Waals surface area contributed by atoms with Crippen LogP contribution >= 0.6 is 0 Å². The van der Waals surface area contributed by atoms with Gasteiger partial charge in [-0.1, -0.05) is 0 Å². The summed E-state index contributed by atoms with van der Waals surface area (Å²) < 4.78 is 11.2. The van der Waals surface area contributed by atoms with Crippen molar-refractivity contribution >= 4 is 17.5 Å². The van der Waals surface area contributed by atoms with Gasteiger partial charge in [0.1, 0.15) is 5.82 Å². The van der Waals surface area contributed by atoms with Crippen LogP contribution in [0.5, 0.6) is 0 Å². The van der Waals surface area contributed by atoms with Crippen molar-refractivity contribution in [3.8, 4) is 11.4 Å². The molecule has 4 rings (SSSR count). The van der Waals surface area contributed by atoms with E-state index in [0.717, 1.165) is 34.9 Å². The third kappa shape index (κ3) is 3.79. The second kappa shape index (κ2) is 8.12. The van der Waals surface area contributed by atoms with Gasteiger partial charge in [0, 0.05) is 29.9 Å². The van der Waals surface area contributed by atoms with E-state index in [0.29, 0.717) is 38.8 Å². The number of carbonyl (C=O) groups is 1. The van der Waals surface area contributed by atoms with Gasteiger partial charge in [-0.05, 0) is 38.1 Å². The predicted octanol–water partition coefficient (Wildman–Crippen LogP) is 2.54. The summed E-state index contributed by atoms with van der Waals surface area (Å²) in [5.74, 6) is 1.61. The van der Waals surface area contributed by atoms with Crippen LogP contribution in [0.15, 0.2) is 24.3 Å². The molecule has 0 spiro atoms. The lowest BCUT2D eigenvalue weighted by atomic mass is 10.1. The van der Waals surface area contributed by atoms with Crippen LogP contribution in [0.1, 0.15) is 25.1 Å². The van der Waals surface area contributed by atoms with Gasteiger partial charge < -0.3 is 25.0 Å². The Morgan fingerprint density at radius 2 is 2.04 bits per heavy atom. The molecule has 0 saturated carbocycles. The molecular weight excluding hydrogens is 358 g/mol. The molecule has 0 aliphatic carbocycles. The van der Waals surface area contributed by atoms with Gasteiger partial charge in [-0.3, -0.25) is 0 Å². The first-order valence-corrected chi connectivity index (χ1v) is 9.63. The van der Waals surface area contributed by atoms with Crippen LogP contribution in [0.2, 0.25) is 0 Å². The van der Waals surface area contributed by atoms with Crippen molar-refractivity contribution in [3.05, 3.63) is 35.5 Å². The summed E-state index contributed by atoms with van der Waals surface area (Å²) in [6.07, 6.45) is 0. The monoisotopic (exact) mass is 383 g/mol. The number of ether oxygens (including phenoxy) is 2. The zero-order chi connectivity index (χ0) is 19.5. The van der Waals surface area contributed by atoms with Crippen LogP contribution in [0.25, 0.3) is 11.4 Å². The highest BCUT2D eigenvalue weighted by atomic mass is 16.5. The normalized spacial score (nSPS) is 18.6. The maximum absolute atomic E-state index is 11.7. The third-order valence-corrected chi connectivity index (χ3v) is 4.93. The van der Waals surface area contributed by atoms with Gasteiger partial charge in [-0.25, -0.2) is 14.8 Å². The first kappa shape index (κ1) is 18.6. The Hall–Kier alpha value is -2.71. The van der Waals surface area contributed by atoms with Crippen LogP contribution in [-0.4, -0.2) is 48.3 Å². The molecule has 2 aliphatic heterocycles. The summed E-state index contributed by atoms with van der Waals surface area (Å²) in [5.41, 5.74) is 3.65. The molecule has 1 fully saturated rings. The molecule has 0 radical (unpaired) electrons. The van der Waals surface area contributed by atoms with E-state index >= 15 is 0 Å². The van der Waals surface area contributed by atoms with Crippen LogP contribution < -0.4 is 15.5 Å². The standard InChI is InChI=1S/C20H25N5O3/c1-3-21-20(26)22-15-6-4-14(5-7-15)18-23-17-12-28-11-16(17)19(24-18)25-8-9-27-10-13(25)2/h4-7,13H,3,8-12H2,1-2H3,(H2,21,22,26)/t13-/m0/s1. The second-order valence-electron chi connectivity index (χ2n) is 6.97. The van der Waals surface area contributed by atoms with Gasteiger partial charge in [0.2, 0.25) is 0 Å². The average molecular weight is 383 g/mol. The number of morpholine rings is 1. The van der Waals surface area contributed by atoms with E-state index in [1.54, 1.807) is 0 Å². The number of urea groups is 1. The molecule has 0 bridgehead atoms. The maximum Gasteiger partial charge on any atom is 0.319 e. The molecule has 3 heterocycles. The first-order valence-electron chi connectivity index (χ1n) is 9.63. The zero-order valence-corrected chi connectivity index (χ0v) is 16.2. The largest absolute Gasteiger partial charge is 0.377 e. The Balaban J connectivity index is 1.63. The van der Waals surface area contributed by atoms with Crippen molar-refractivity contribution in [2.24, 2.45) is 0 Å². The van der Waals surface area contributed by atoms with Crippen LogP contribution in [0, 0.1) is 0 Å². The fourth-order valence-corrected chi connectivity index (χ4v) is 3.48. The van der Waals surface area contributed by atoms with Crippen molar-refractivity contribution < 1.29 is 14.3 Å². The number of hydrogen-bond acceptors (Lipinski definition) is 6. The minimum atomic E-state index is -0.218. The lowest BCUT2D eigenvalue weighted by Gasteiger charge is -2.35. The van der Waals surface area contributed by atoms with Crippen molar-refractivity contribution in [1.29, 1.82) is 0 Å². The molecule has 148 valence electrons. The molecule has 1 saturated heterocycles. The Labute approximate surface area is 164 Å². The molecule has 1 aromatic heterocycles. The van der Waals surface area contributed by atoms with E-state index in [-0.39, 0.29) is 12.1 Å². The fraction of sp³-hybridized carbons (Fsp3) is 0.450. The number of anilines is 2. The molecule has 2 aromatic rings. The molecule has 1 atom stereocenters. The summed E-state index contributed by atoms with van der Waals surface area (Å²) >= 11 is 0. The minimum Gasteiger partial charge on any atom is -0.377 e.